The lowest BCUT2D eigenvalue weighted by Gasteiger charge is -2.22. The average molecular weight is 248 g/mol. The summed E-state index contributed by atoms with van der Waals surface area (Å²) in [5.74, 6) is 0.713. The molecule has 18 heavy (non-hydrogen) atoms. The van der Waals surface area contributed by atoms with Crippen LogP contribution in [0.1, 0.15) is 42.6 Å². The number of nitrogens with one attached hydrogen (secondary N) is 1. The van der Waals surface area contributed by atoms with Crippen molar-refractivity contribution in [1.29, 1.82) is 0 Å². The molecule has 1 saturated carbocycles. The number of rotatable bonds is 4. The van der Waals surface area contributed by atoms with Crippen LogP contribution in [0, 0.1) is 5.92 Å². The van der Waals surface area contributed by atoms with Crippen molar-refractivity contribution in [2.45, 2.75) is 32.1 Å². The fourth-order valence-electron chi connectivity index (χ4n) is 2.38. The van der Waals surface area contributed by atoms with E-state index in [1.807, 2.05) is 0 Å². The molecule has 5 N–H and O–H groups in total. The highest BCUT2D eigenvalue weighted by Crippen LogP contribution is 2.24. The normalized spacial score (nSPS) is 16.4. The molecule has 0 aliphatic heterocycles. The molecule has 5 nitrogen and oxygen atoms in total. The van der Waals surface area contributed by atoms with Gasteiger partial charge in [0.1, 0.15) is 11.5 Å². The molecule has 1 amide bonds. The smallest absolute Gasteiger partial charge is 0.267 e. The van der Waals surface area contributed by atoms with Crippen LogP contribution in [0.4, 0.5) is 11.5 Å². The van der Waals surface area contributed by atoms with Crippen molar-refractivity contribution in [3.8, 4) is 0 Å². The summed E-state index contributed by atoms with van der Waals surface area (Å²) >= 11 is 0. The van der Waals surface area contributed by atoms with Crippen LogP contribution >= 0.6 is 0 Å². The van der Waals surface area contributed by atoms with Gasteiger partial charge >= 0.3 is 0 Å². The van der Waals surface area contributed by atoms with Crippen LogP contribution < -0.4 is 16.8 Å². The van der Waals surface area contributed by atoms with E-state index in [2.05, 4.69) is 10.3 Å². The Morgan fingerprint density at radius 2 is 2.06 bits per heavy atom. The third kappa shape index (κ3) is 3.12. The number of nitrogens with zero attached hydrogens (tertiary/aromatic N) is 1. The van der Waals surface area contributed by atoms with Gasteiger partial charge in [-0.15, -0.1) is 0 Å². The lowest BCUT2D eigenvalue weighted by Crippen LogP contribution is -2.20. The molecule has 0 saturated heterocycles. The predicted molar refractivity (Wildman–Crippen MR) is 72.2 cm³/mol. The van der Waals surface area contributed by atoms with Gasteiger partial charge in [-0.1, -0.05) is 19.3 Å². The van der Waals surface area contributed by atoms with Crippen LogP contribution in [0.15, 0.2) is 12.1 Å². The highest BCUT2D eigenvalue weighted by molar-refractivity contribution is 5.91. The van der Waals surface area contributed by atoms with E-state index in [4.69, 9.17) is 11.5 Å². The Hall–Kier alpha value is -1.78. The summed E-state index contributed by atoms with van der Waals surface area (Å²) in [7, 11) is 0. The molecule has 0 radical (unpaired) electrons. The number of aromatic nitrogens is 1. The fraction of sp³-hybridized carbons (Fsp3) is 0.538. The van der Waals surface area contributed by atoms with Gasteiger partial charge in [-0.25, -0.2) is 4.98 Å². The number of primary amides is 1. The van der Waals surface area contributed by atoms with Crippen LogP contribution in [0.3, 0.4) is 0 Å². The zero-order valence-electron chi connectivity index (χ0n) is 10.5. The van der Waals surface area contributed by atoms with E-state index >= 15 is 0 Å². The number of pyridine rings is 1. The van der Waals surface area contributed by atoms with E-state index < -0.39 is 5.91 Å². The molecular formula is C13H20N4O. The van der Waals surface area contributed by atoms with Gasteiger partial charge in [0.15, 0.2) is 0 Å². The first kappa shape index (κ1) is 12.7. The van der Waals surface area contributed by atoms with E-state index in [1.165, 1.54) is 32.1 Å². The molecule has 1 aromatic rings. The number of nitrogen functional groups attached to an aromatic ring is 1. The van der Waals surface area contributed by atoms with Crippen molar-refractivity contribution < 1.29 is 4.79 Å². The van der Waals surface area contributed by atoms with Gasteiger partial charge in [0.05, 0.1) is 5.69 Å². The largest absolute Gasteiger partial charge is 0.396 e. The van der Waals surface area contributed by atoms with Crippen LogP contribution in [0.2, 0.25) is 0 Å². The Bertz CT molecular complexity index is 427. The van der Waals surface area contributed by atoms with Crippen molar-refractivity contribution in [2.75, 3.05) is 17.6 Å². The first-order valence-corrected chi connectivity index (χ1v) is 6.47. The summed E-state index contributed by atoms with van der Waals surface area (Å²) in [6, 6.07) is 3.21. The Balaban J connectivity index is 1.99. The summed E-state index contributed by atoms with van der Waals surface area (Å²) in [6.07, 6.45) is 6.45. The standard InChI is InChI=1S/C13H20N4O/c14-10-6-7-11(12(15)18)17-13(10)16-8-9-4-2-1-3-5-9/h6-7,9H,1-5,8,14H2,(H2,15,18)(H,16,17). The summed E-state index contributed by atoms with van der Waals surface area (Å²) in [4.78, 5) is 15.2. The van der Waals surface area contributed by atoms with E-state index in [9.17, 15) is 4.79 Å². The number of carbonyl (C=O) groups excluding carboxylic acids is 1. The van der Waals surface area contributed by atoms with Crippen LogP contribution in [-0.4, -0.2) is 17.4 Å². The van der Waals surface area contributed by atoms with Gasteiger partial charge in [0.2, 0.25) is 0 Å². The SMILES string of the molecule is NC(=O)c1ccc(N)c(NCC2CCCCC2)n1. The highest BCUT2D eigenvalue weighted by atomic mass is 16.1. The monoisotopic (exact) mass is 248 g/mol. The molecule has 1 aliphatic carbocycles. The van der Waals surface area contributed by atoms with E-state index in [0.717, 1.165) is 6.54 Å². The van der Waals surface area contributed by atoms with E-state index in [0.29, 0.717) is 17.4 Å². The van der Waals surface area contributed by atoms with Crippen LogP contribution in [0.25, 0.3) is 0 Å². The minimum Gasteiger partial charge on any atom is -0.396 e. The molecule has 1 fully saturated rings. The fourth-order valence-corrected chi connectivity index (χ4v) is 2.38. The van der Waals surface area contributed by atoms with E-state index in [1.54, 1.807) is 12.1 Å². The second-order valence-corrected chi connectivity index (χ2v) is 4.88. The topological polar surface area (TPSA) is 94.0 Å². The van der Waals surface area contributed by atoms with Gasteiger partial charge in [-0.3, -0.25) is 4.79 Å². The molecule has 0 bridgehead atoms. The molecule has 1 heterocycles. The van der Waals surface area contributed by atoms with Crippen molar-refractivity contribution in [3.63, 3.8) is 0 Å². The van der Waals surface area contributed by atoms with Gasteiger partial charge in [0, 0.05) is 6.54 Å². The van der Waals surface area contributed by atoms with E-state index in [-0.39, 0.29) is 5.69 Å². The number of hydrogen-bond donors (Lipinski definition) is 3. The van der Waals surface area contributed by atoms with Crippen molar-refractivity contribution in [2.24, 2.45) is 11.7 Å². The Kier molecular flexibility index (Phi) is 4.02. The molecule has 98 valence electrons. The molecule has 0 unspecified atom stereocenters. The second kappa shape index (κ2) is 5.71. The molecular weight excluding hydrogens is 228 g/mol. The number of carbonyl (C=O) groups is 1. The van der Waals surface area contributed by atoms with Gasteiger partial charge in [-0.05, 0) is 30.9 Å². The van der Waals surface area contributed by atoms with Crippen LogP contribution in [-0.2, 0) is 0 Å². The maximum Gasteiger partial charge on any atom is 0.267 e. The molecule has 0 atom stereocenters. The maximum atomic E-state index is 11.1. The zero-order valence-corrected chi connectivity index (χ0v) is 10.5. The van der Waals surface area contributed by atoms with Crippen LogP contribution in [0.5, 0.6) is 0 Å². The lowest BCUT2D eigenvalue weighted by atomic mass is 9.89. The first-order chi connectivity index (χ1) is 8.66. The Labute approximate surface area is 107 Å². The summed E-state index contributed by atoms with van der Waals surface area (Å²) in [5.41, 5.74) is 11.8. The number of hydrogen-bond acceptors (Lipinski definition) is 4. The molecule has 0 aromatic carbocycles. The third-order valence-corrected chi connectivity index (χ3v) is 3.46. The zero-order chi connectivity index (χ0) is 13.0. The summed E-state index contributed by atoms with van der Waals surface area (Å²) in [5, 5.41) is 3.23. The molecule has 1 aliphatic rings. The average Bonchev–Trinajstić information content (AvgIpc) is 2.38. The quantitative estimate of drug-likeness (QED) is 0.756. The van der Waals surface area contributed by atoms with Crippen molar-refractivity contribution in [1.82, 2.24) is 4.98 Å². The summed E-state index contributed by atoms with van der Waals surface area (Å²) in [6.45, 7) is 0.861. The molecule has 0 spiro atoms. The number of nitrogens with two attached hydrogens (primary N) is 2. The summed E-state index contributed by atoms with van der Waals surface area (Å²) < 4.78 is 0. The molecule has 1 aromatic heterocycles. The third-order valence-electron chi connectivity index (χ3n) is 3.46. The highest BCUT2D eigenvalue weighted by Gasteiger charge is 2.14. The first-order valence-electron chi connectivity index (χ1n) is 6.47. The minimum atomic E-state index is -0.532. The Morgan fingerprint density at radius 1 is 1.33 bits per heavy atom. The van der Waals surface area contributed by atoms with Gasteiger partial charge in [0.25, 0.3) is 5.91 Å². The maximum absolute atomic E-state index is 11.1. The molecule has 5 heteroatoms. The predicted octanol–water partition coefficient (Wildman–Crippen LogP) is 1.75. The lowest BCUT2D eigenvalue weighted by molar-refractivity contribution is 0.0996. The Morgan fingerprint density at radius 3 is 2.72 bits per heavy atom. The van der Waals surface area contributed by atoms with Gasteiger partial charge in [-0.2, -0.15) is 0 Å². The van der Waals surface area contributed by atoms with Crippen molar-refractivity contribution >= 4 is 17.4 Å². The molecule has 2 rings (SSSR count). The number of amides is 1. The van der Waals surface area contributed by atoms with Gasteiger partial charge < -0.3 is 16.8 Å². The number of anilines is 2. The minimum absolute atomic E-state index is 0.246. The second-order valence-electron chi connectivity index (χ2n) is 4.88. The van der Waals surface area contributed by atoms with Crippen molar-refractivity contribution in [3.05, 3.63) is 17.8 Å².